The lowest BCUT2D eigenvalue weighted by atomic mass is 9.98. The predicted molar refractivity (Wildman–Crippen MR) is 93.8 cm³/mol. The van der Waals surface area contributed by atoms with Gasteiger partial charge in [0.1, 0.15) is 61.0 Å². The molecule has 0 saturated carbocycles. The van der Waals surface area contributed by atoms with Gasteiger partial charge in [-0.1, -0.05) is 0 Å². The Bertz CT molecular complexity index is 579. The number of hydrogen-bond acceptors (Lipinski definition) is 14. The fraction of sp³-hybridized carbons (Fsp3) is 1.00. The van der Waals surface area contributed by atoms with E-state index in [2.05, 4.69) is 0 Å². The number of rotatable bonds is 5. The van der Waals surface area contributed by atoms with Crippen molar-refractivity contribution in [1.29, 1.82) is 0 Å². The molecule has 9 N–H and O–H groups in total. The lowest BCUT2D eigenvalue weighted by Crippen LogP contribution is -2.64. The first kappa shape index (κ1) is 25.1. The van der Waals surface area contributed by atoms with Crippen LogP contribution in [0.1, 0.15) is 6.92 Å². The monoisotopic (exact) mass is 458 g/mol. The molecule has 0 unspecified atom stereocenters. The molecule has 0 spiro atoms. The van der Waals surface area contributed by atoms with Crippen molar-refractivity contribution < 1.29 is 69.6 Å². The van der Waals surface area contributed by atoms with Gasteiger partial charge in [0.2, 0.25) is 0 Å². The zero-order chi connectivity index (χ0) is 23.0. The maximum atomic E-state index is 10.3. The van der Waals surface area contributed by atoms with Crippen molar-refractivity contribution in [3.63, 3.8) is 0 Å². The van der Waals surface area contributed by atoms with Crippen molar-refractivity contribution >= 4 is 0 Å². The summed E-state index contributed by atoms with van der Waals surface area (Å²) in [6.07, 6.45) is -21.4. The zero-order valence-corrected chi connectivity index (χ0v) is 16.6. The van der Waals surface area contributed by atoms with E-state index >= 15 is 0 Å². The van der Waals surface area contributed by atoms with Crippen LogP contribution >= 0.6 is 0 Å². The molecule has 3 aliphatic rings. The third-order valence-corrected chi connectivity index (χ3v) is 5.66. The number of aliphatic hydroxyl groups is 9. The highest BCUT2D eigenvalue weighted by Crippen LogP contribution is 2.30. The van der Waals surface area contributed by atoms with Gasteiger partial charge in [0.05, 0.1) is 19.3 Å². The van der Waals surface area contributed by atoms with E-state index in [0.29, 0.717) is 0 Å². The fourth-order valence-electron chi connectivity index (χ4n) is 3.70. The first-order valence-electron chi connectivity index (χ1n) is 9.85. The maximum absolute atomic E-state index is 10.3. The minimum Gasteiger partial charge on any atom is -0.394 e. The quantitative estimate of drug-likeness (QED) is 0.187. The van der Waals surface area contributed by atoms with Gasteiger partial charge in [-0.15, -0.1) is 0 Å². The summed E-state index contributed by atoms with van der Waals surface area (Å²) in [6, 6.07) is 0. The van der Waals surface area contributed by atoms with Gasteiger partial charge in [0.15, 0.2) is 18.9 Å². The van der Waals surface area contributed by atoms with Crippen LogP contribution in [-0.4, -0.2) is 145 Å². The van der Waals surface area contributed by atoms with Crippen LogP contribution in [0.15, 0.2) is 0 Å². The summed E-state index contributed by atoms with van der Waals surface area (Å²) in [5.74, 6) is 0. The average Bonchev–Trinajstić information content (AvgIpc) is 2.75. The highest BCUT2D eigenvalue weighted by molar-refractivity contribution is 4.93. The van der Waals surface area contributed by atoms with Crippen molar-refractivity contribution in [3.05, 3.63) is 0 Å². The van der Waals surface area contributed by atoms with E-state index in [1.165, 1.54) is 6.92 Å². The minimum absolute atomic E-state index is 0.399. The molecule has 0 aromatic carbocycles. The molecule has 3 fully saturated rings. The highest BCUT2D eigenvalue weighted by Gasteiger charge is 2.51. The van der Waals surface area contributed by atoms with Crippen molar-refractivity contribution in [2.24, 2.45) is 0 Å². The lowest BCUT2D eigenvalue weighted by molar-refractivity contribution is -0.377. The molecule has 14 atom stereocenters. The van der Waals surface area contributed by atoms with Crippen molar-refractivity contribution in [2.45, 2.75) is 92.9 Å². The van der Waals surface area contributed by atoms with Crippen molar-refractivity contribution in [2.75, 3.05) is 13.2 Å². The summed E-state index contributed by atoms with van der Waals surface area (Å²) < 4.78 is 26.6. The van der Waals surface area contributed by atoms with Gasteiger partial charge < -0.3 is 69.6 Å². The highest BCUT2D eigenvalue weighted by atomic mass is 16.8. The Hall–Kier alpha value is -0.560. The summed E-state index contributed by atoms with van der Waals surface area (Å²) in [5.41, 5.74) is 0. The first-order valence-corrected chi connectivity index (χ1v) is 9.85. The van der Waals surface area contributed by atoms with Gasteiger partial charge in [0.25, 0.3) is 0 Å². The molecular formula is C17H30O14. The van der Waals surface area contributed by atoms with Crippen LogP contribution in [0, 0.1) is 0 Å². The number of hydrogen-bond donors (Lipinski definition) is 9. The molecule has 3 aliphatic heterocycles. The second-order valence-electron chi connectivity index (χ2n) is 7.87. The third-order valence-electron chi connectivity index (χ3n) is 5.66. The lowest BCUT2D eigenvalue weighted by Gasteiger charge is -2.46. The molecule has 0 radical (unpaired) electrons. The Labute approximate surface area is 176 Å². The zero-order valence-electron chi connectivity index (χ0n) is 16.6. The summed E-state index contributed by atoms with van der Waals surface area (Å²) in [4.78, 5) is 0. The van der Waals surface area contributed by atoms with Crippen LogP contribution in [0.3, 0.4) is 0 Å². The average molecular weight is 458 g/mol. The normalized spacial score (nSPS) is 54.0. The van der Waals surface area contributed by atoms with E-state index in [1.807, 2.05) is 0 Å². The molecule has 3 saturated heterocycles. The second-order valence-corrected chi connectivity index (χ2v) is 7.87. The summed E-state index contributed by atoms with van der Waals surface area (Å²) in [5, 5.41) is 89.7. The van der Waals surface area contributed by atoms with E-state index in [9.17, 15) is 46.0 Å². The summed E-state index contributed by atoms with van der Waals surface area (Å²) in [6.45, 7) is 0.314. The Morgan fingerprint density at radius 3 is 1.87 bits per heavy atom. The Balaban J connectivity index is 1.75. The van der Waals surface area contributed by atoms with Crippen molar-refractivity contribution in [1.82, 2.24) is 0 Å². The number of ether oxygens (including phenoxy) is 5. The van der Waals surface area contributed by atoms with E-state index in [0.717, 1.165) is 0 Å². The van der Waals surface area contributed by atoms with Crippen LogP contribution in [-0.2, 0) is 23.7 Å². The molecule has 14 nitrogen and oxygen atoms in total. The van der Waals surface area contributed by atoms with Gasteiger partial charge in [-0.3, -0.25) is 0 Å². The van der Waals surface area contributed by atoms with Crippen LogP contribution in [0.25, 0.3) is 0 Å². The molecule has 0 bridgehead atoms. The molecule has 3 rings (SSSR count). The largest absolute Gasteiger partial charge is 0.394 e. The van der Waals surface area contributed by atoms with Crippen LogP contribution in [0.2, 0.25) is 0 Å². The summed E-state index contributed by atoms with van der Waals surface area (Å²) in [7, 11) is 0. The fourth-order valence-corrected chi connectivity index (χ4v) is 3.70. The third kappa shape index (κ3) is 5.02. The van der Waals surface area contributed by atoms with Gasteiger partial charge in [0, 0.05) is 0 Å². The standard InChI is InChI=1S/C17H30O14/c1-4-7(20)9(22)11(24)16(28-4)30-13-5(19)3-27-15(26)14(13)31-17-12(25)10(23)8(21)6(2-18)29-17/h4-26H,2-3H2,1H3/t4-,5-,6+,7+,8+,9+,10-,11+,12+,13-,14+,15+,16-,17-/m0/s1. The van der Waals surface area contributed by atoms with Gasteiger partial charge in [-0.05, 0) is 6.92 Å². The topological polar surface area (TPSA) is 228 Å². The van der Waals surface area contributed by atoms with E-state index < -0.39 is 99.2 Å². The predicted octanol–water partition coefficient (Wildman–Crippen LogP) is -5.91. The van der Waals surface area contributed by atoms with Crippen LogP contribution in [0.4, 0.5) is 0 Å². The molecule has 14 heteroatoms. The van der Waals surface area contributed by atoms with Crippen LogP contribution < -0.4 is 0 Å². The molecule has 0 aliphatic carbocycles. The van der Waals surface area contributed by atoms with E-state index in [-0.39, 0.29) is 0 Å². The summed E-state index contributed by atoms with van der Waals surface area (Å²) >= 11 is 0. The molecule has 182 valence electrons. The Kier molecular flexibility index (Phi) is 8.21. The van der Waals surface area contributed by atoms with Gasteiger partial charge in [-0.2, -0.15) is 0 Å². The molecular weight excluding hydrogens is 428 g/mol. The molecule has 3 heterocycles. The first-order chi connectivity index (χ1) is 14.6. The maximum Gasteiger partial charge on any atom is 0.187 e. The molecule has 0 aromatic rings. The second kappa shape index (κ2) is 10.1. The van der Waals surface area contributed by atoms with E-state index in [4.69, 9.17) is 23.7 Å². The Morgan fingerprint density at radius 1 is 0.710 bits per heavy atom. The van der Waals surface area contributed by atoms with Gasteiger partial charge >= 0.3 is 0 Å². The number of aliphatic hydroxyl groups excluding tert-OH is 9. The molecule has 0 aromatic heterocycles. The van der Waals surface area contributed by atoms with Crippen molar-refractivity contribution in [3.8, 4) is 0 Å². The van der Waals surface area contributed by atoms with E-state index in [1.54, 1.807) is 0 Å². The smallest absolute Gasteiger partial charge is 0.187 e. The minimum atomic E-state index is -1.79. The van der Waals surface area contributed by atoms with Gasteiger partial charge in [-0.25, -0.2) is 0 Å². The molecule has 31 heavy (non-hydrogen) atoms. The molecule has 0 amide bonds. The Morgan fingerprint density at radius 2 is 1.26 bits per heavy atom. The SMILES string of the molecule is C[C@@H]1O[C@@H](O[C@@H]2[C@@H](O[C@@H]3O[C@H](CO)[C@@H](O)[C@H](O)[C@H]3O)[C@H](O)OC[C@@H]2O)[C@H](O)[C@H](O)[C@@H]1O. The van der Waals surface area contributed by atoms with Crippen LogP contribution in [0.5, 0.6) is 0 Å².